The Balaban J connectivity index is 2.03. The maximum atomic E-state index is 12.0. The van der Waals surface area contributed by atoms with Crippen LogP contribution in [0.2, 0.25) is 0 Å². The number of carbonyl (C=O) groups excluding carboxylic acids is 1. The predicted molar refractivity (Wildman–Crippen MR) is 119 cm³/mol. The molecule has 0 aromatic heterocycles. The lowest BCUT2D eigenvalue weighted by molar-refractivity contribution is 0.0950. The molecule has 28 heavy (non-hydrogen) atoms. The molecule has 0 spiro atoms. The van der Waals surface area contributed by atoms with E-state index < -0.39 is 0 Å². The maximum Gasteiger partial charge on any atom is 0.255 e. The zero-order valence-electron chi connectivity index (χ0n) is 18.4. The van der Waals surface area contributed by atoms with Crippen LogP contribution in [-0.2, 0) is 0 Å². The van der Waals surface area contributed by atoms with Crippen molar-refractivity contribution in [2.24, 2.45) is 0 Å². The molecule has 1 aromatic rings. The van der Waals surface area contributed by atoms with E-state index in [2.05, 4.69) is 31.4 Å². The van der Waals surface area contributed by atoms with Crippen LogP contribution in [0.1, 0.15) is 102 Å². The number of benzene rings is 1. The molecule has 0 saturated heterocycles. The van der Waals surface area contributed by atoms with E-state index in [1.807, 2.05) is 0 Å². The Labute approximate surface area is 172 Å². The molecular weight excluding hydrogens is 348 g/mol. The van der Waals surface area contributed by atoms with Gasteiger partial charge in [-0.25, -0.2) is 0 Å². The molecule has 160 valence electrons. The Hall–Kier alpha value is -1.55. The summed E-state index contributed by atoms with van der Waals surface area (Å²) in [6, 6.07) is 6.64. The number of unbranched alkanes of at least 4 members (excludes halogenated alkanes) is 8. The summed E-state index contributed by atoms with van der Waals surface area (Å²) in [5.74, 6) is -0.188. The first-order chi connectivity index (χ1) is 13.5. The molecule has 1 aromatic carbocycles. The number of para-hydroxylation sites is 1. The molecule has 1 amide bonds. The van der Waals surface area contributed by atoms with Gasteiger partial charge in [-0.1, -0.05) is 76.8 Å². The Kier molecular flexibility index (Phi) is 12.6. The summed E-state index contributed by atoms with van der Waals surface area (Å²) in [5.41, 5.74) is 0.476. The van der Waals surface area contributed by atoms with E-state index in [1.54, 1.807) is 18.2 Å². The second kappa shape index (κ2) is 14.4. The minimum atomic E-state index is -0.216. The van der Waals surface area contributed by atoms with E-state index in [0.717, 1.165) is 13.0 Å². The number of nitrogens with one attached hydrogen (secondary N) is 2. The maximum absolute atomic E-state index is 12.0. The zero-order chi connectivity index (χ0) is 20.7. The molecule has 0 atom stereocenters. The first-order valence-corrected chi connectivity index (χ1v) is 11.3. The smallest absolute Gasteiger partial charge is 0.255 e. The van der Waals surface area contributed by atoms with Crippen LogP contribution in [0.15, 0.2) is 24.3 Å². The normalized spacial score (nSPS) is 11.5. The Morgan fingerprint density at radius 1 is 0.893 bits per heavy atom. The third-order valence-electron chi connectivity index (χ3n) is 5.30. The Morgan fingerprint density at radius 2 is 1.50 bits per heavy atom. The van der Waals surface area contributed by atoms with Gasteiger partial charge in [0, 0.05) is 12.1 Å². The minimum Gasteiger partial charge on any atom is -0.507 e. The van der Waals surface area contributed by atoms with Gasteiger partial charge in [-0.3, -0.25) is 4.79 Å². The molecule has 1 rings (SSSR count). The Morgan fingerprint density at radius 3 is 2.14 bits per heavy atom. The van der Waals surface area contributed by atoms with Crippen molar-refractivity contribution in [1.82, 2.24) is 10.6 Å². The highest BCUT2D eigenvalue weighted by Gasteiger charge is 2.16. The summed E-state index contributed by atoms with van der Waals surface area (Å²) >= 11 is 0. The number of amides is 1. The van der Waals surface area contributed by atoms with E-state index in [4.69, 9.17) is 0 Å². The van der Waals surface area contributed by atoms with E-state index >= 15 is 0 Å². The first kappa shape index (κ1) is 24.5. The van der Waals surface area contributed by atoms with Crippen LogP contribution in [0.5, 0.6) is 5.75 Å². The summed E-state index contributed by atoms with van der Waals surface area (Å²) in [6.07, 6.45) is 14.3. The van der Waals surface area contributed by atoms with Crippen molar-refractivity contribution >= 4 is 5.91 Å². The fourth-order valence-electron chi connectivity index (χ4n) is 3.44. The molecule has 0 unspecified atom stereocenters. The topological polar surface area (TPSA) is 61.4 Å². The number of phenols is 1. The van der Waals surface area contributed by atoms with Crippen molar-refractivity contribution in [3.63, 3.8) is 0 Å². The van der Waals surface area contributed by atoms with Gasteiger partial charge in [0.25, 0.3) is 5.91 Å². The van der Waals surface area contributed by atoms with Gasteiger partial charge in [0.05, 0.1) is 5.56 Å². The molecule has 4 heteroatoms. The summed E-state index contributed by atoms with van der Waals surface area (Å²) in [7, 11) is 0. The standard InChI is InChI=1S/C24H42N2O2/c1-4-5-6-7-8-9-10-11-14-18-24(2,3)26-20-15-19-25-23(28)21-16-12-13-17-22(21)27/h12-13,16-17,26-27H,4-11,14-15,18-20H2,1-3H3,(H,25,28). The molecule has 4 nitrogen and oxygen atoms in total. The van der Waals surface area contributed by atoms with Crippen LogP contribution in [0, 0.1) is 0 Å². The third kappa shape index (κ3) is 11.3. The lowest BCUT2D eigenvalue weighted by Gasteiger charge is -2.26. The van der Waals surface area contributed by atoms with Crippen molar-refractivity contribution in [2.75, 3.05) is 13.1 Å². The molecule has 3 N–H and O–H groups in total. The highest BCUT2D eigenvalue weighted by atomic mass is 16.3. The molecule has 0 bridgehead atoms. The van der Waals surface area contributed by atoms with Gasteiger partial charge in [0.2, 0.25) is 0 Å². The molecule has 0 saturated carbocycles. The summed E-state index contributed by atoms with van der Waals surface area (Å²) in [4.78, 5) is 12.0. The van der Waals surface area contributed by atoms with Gasteiger partial charge in [-0.2, -0.15) is 0 Å². The molecular formula is C24H42N2O2. The van der Waals surface area contributed by atoms with Crippen LogP contribution in [0.3, 0.4) is 0 Å². The van der Waals surface area contributed by atoms with Crippen molar-refractivity contribution in [3.8, 4) is 5.75 Å². The quantitative estimate of drug-likeness (QED) is 0.313. The summed E-state index contributed by atoms with van der Waals surface area (Å²) < 4.78 is 0. The highest BCUT2D eigenvalue weighted by Crippen LogP contribution is 2.17. The monoisotopic (exact) mass is 390 g/mol. The van der Waals surface area contributed by atoms with E-state index in [-0.39, 0.29) is 17.2 Å². The molecule has 0 fully saturated rings. The third-order valence-corrected chi connectivity index (χ3v) is 5.30. The number of phenolic OH excluding ortho intramolecular Hbond substituents is 1. The molecule has 0 aliphatic carbocycles. The fraction of sp³-hybridized carbons (Fsp3) is 0.708. The van der Waals surface area contributed by atoms with E-state index in [0.29, 0.717) is 12.1 Å². The van der Waals surface area contributed by atoms with Crippen LogP contribution in [-0.4, -0.2) is 29.6 Å². The van der Waals surface area contributed by atoms with Gasteiger partial charge in [0.15, 0.2) is 0 Å². The van der Waals surface area contributed by atoms with Crippen molar-refractivity contribution in [2.45, 2.75) is 96.9 Å². The summed E-state index contributed by atoms with van der Waals surface area (Å²) in [6.45, 7) is 8.28. The average molecular weight is 391 g/mol. The fourth-order valence-corrected chi connectivity index (χ4v) is 3.44. The number of carbonyl (C=O) groups is 1. The number of hydrogen-bond donors (Lipinski definition) is 3. The average Bonchev–Trinajstić information content (AvgIpc) is 2.66. The number of hydrogen-bond acceptors (Lipinski definition) is 3. The van der Waals surface area contributed by atoms with Gasteiger partial charge >= 0.3 is 0 Å². The second-order valence-corrected chi connectivity index (χ2v) is 8.52. The molecule has 0 heterocycles. The van der Waals surface area contributed by atoms with Crippen LogP contribution in [0.25, 0.3) is 0 Å². The van der Waals surface area contributed by atoms with Gasteiger partial charge < -0.3 is 15.7 Å². The number of rotatable bonds is 16. The lowest BCUT2D eigenvalue weighted by Crippen LogP contribution is -2.40. The van der Waals surface area contributed by atoms with Crippen molar-refractivity contribution < 1.29 is 9.90 Å². The molecule has 0 radical (unpaired) electrons. The molecule has 0 aliphatic heterocycles. The number of aromatic hydroxyl groups is 1. The van der Waals surface area contributed by atoms with Gasteiger partial charge in [-0.05, 0) is 45.4 Å². The lowest BCUT2D eigenvalue weighted by atomic mass is 9.95. The first-order valence-electron chi connectivity index (χ1n) is 11.3. The van der Waals surface area contributed by atoms with Crippen LogP contribution in [0.4, 0.5) is 0 Å². The van der Waals surface area contributed by atoms with Crippen molar-refractivity contribution in [1.29, 1.82) is 0 Å². The Bertz CT molecular complexity index is 543. The zero-order valence-corrected chi connectivity index (χ0v) is 18.4. The summed E-state index contributed by atoms with van der Waals surface area (Å²) in [5, 5.41) is 16.2. The minimum absolute atomic E-state index is 0.0280. The molecule has 0 aliphatic rings. The highest BCUT2D eigenvalue weighted by molar-refractivity contribution is 5.96. The second-order valence-electron chi connectivity index (χ2n) is 8.52. The van der Waals surface area contributed by atoms with E-state index in [1.165, 1.54) is 70.3 Å². The van der Waals surface area contributed by atoms with Gasteiger partial charge in [-0.15, -0.1) is 0 Å². The SMILES string of the molecule is CCCCCCCCCCCC(C)(C)NCCCNC(=O)c1ccccc1O. The van der Waals surface area contributed by atoms with Gasteiger partial charge in [0.1, 0.15) is 5.75 Å². The van der Waals surface area contributed by atoms with E-state index in [9.17, 15) is 9.90 Å². The van der Waals surface area contributed by atoms with Crippen LogP contribution < -0.4 is 10.6 Å². The predicted octanol–water partition coefficient (Wildman–Crippen LogP) is 5.80. The van der Waals surface area contributed by atoms with Crippen LogP contribution >= 0.6 is 0 Å². The van der Waals surface area contributed by atoms with Crippen molar-refractivity contribution in [3.05, 3.63) is 29.8 Å². The largest absolute Gasteiger partial charge is 0.507 e.